The number of thioether (sulfide) groups is 1. The van der Waals surface area contributed by atoms with E-state index in [1.54, 1.807) is 16.7 Å². The number of rotatable bonds is 5. The van der Waals surface area contributed by atoms with Crippen LogP contribution in [0.4, 0.5) is 0 Å². The van der Waals surface area contributed by atoms with Crippen molar-refractivity contribution in [2.75, 3.05) is 32.2 Å². The molecule has 0 fully saturated rings. The summed E-state index contributed by atoms with van der Waals surface area (Å²) in [5, 5.41) is 8.71. The first kappa shape index (κ1) is 16.6. The molecule has 3 nitrogen and oxygen atoms in total. The molecular weight excluding hydrogens is 270 g/mol. The lowest BCUT2D eigenvalue weighted by atomic mass is 10.0. The monoisotopic (exact) mass is 291 g/mol. The van der Waals surface area contributed by atoms with Crippen LogP contribution in [0.1, 0.15) is 27.9 Å². The summed E-state index contributed by atoms with van der Waals surface area (Å²) < 4.78 is 0. The van der Waals surface area contributed by atoms with Crippen molar-refractivity contribution in [3.63, 3.8) is 0 Å². The first-order chi connectivity index (χ1) is 9.60. The molecule has 1 N–H and O–H groups in total. The maximum absolute atomic E-state index is 12.2. The number of carbonyl (C=O) groups excluding carboxylic acids is 1. The Labute approximate surface area is 125 Å². The zero-order chi connectivity index (χ0) is 15.0. The van der Waals surface area contributed by atoms with E-state index in [0.29, 0.717) is 12.0 Å². The first-order valence-electron chi connectivity index (χ1n) is 6.55. The zero-order valence-electron chi connectivity index (χ0n) is 12.3. The van der Waals surface area contributed by atoms with Gasteiger partial charge in [-0.2, -0.15) is 11.8 Å². The molecule has 108 valence electrons. The second kappa shape index (κ2) is 8.68. The molecule has 0 atom stereocenters. The second-order valence-corrected chi connectivity index (χ2v) is 5.51. The Hall–Kier alpha value is -1.44. The highest BCUT2D eigenvalue weighted by atomic mass is 32.2. The molecule has 0 saturated carbocycles. The molecule has 4 heteroatoms. The molecule has 0 radical (unpaired) electrons. The van der Waals surface area contributed by atoms with Crippen LogP contribution >= 0.6 is 11.8 Å². The summed E-state index contributed by atoms with van der Waals surface area (Å²) in [7, 11) is 1.82. The van der Waals surface area contributed by atoms with Gasteiger partial charge in [0.15, 0.2) is 0 Å². The van der Waals surface area contributed by atoms with Gasteiger partial charge in [-0.25, -0.2) is 0 Å². The molecule has 0 spiro atoms. The lowest BCUT2D eigenvalue weighted by Crippen LogP contribution is -2.28. The van der Waals surface area contributed by atoms with Gasteiger partial charge in [0.25, 0.3) is 5.91 Å². The van der Waals surface area contributed by atoms with E-state index in [-0.39, 0.29) is 12.5 Å². The van der Waals surface area contributed by atoms with Crippen molar-refractivity contribution in [2.24, 2.45) is 0 Å². The summed E-state index contributed by atoms with van der Waals surface area (Å²) in [6.07, 6.45) is 2.50. The van der Waals surface area contributed by atoms with Gasteiger partial charge in [-0.15, -0.1) is 0 Å². The summed E-state index contributed by atoms with van der Waals surface area (Å²) in [5.41, 5.74) is 2.58. The van der Waals surface area contributed by atoms with Crippen molar-refractivity contribution in [3.05, 3.63) is 34.9 Å². The van der Waals surface area contributed by atoms with Gasteiger partial charge in [-0.3, -0.25) is 4.79 Å². The minimum Gasteiger partial charge on any atom is -0.395 e. The van der Waals surface area contributed by atoms with Crippen LogP contribution < -0.4 is 0 Å². The van der Waals surface area contributed by atoms with E-state index >= 15 is 0 Å². The molecule has 1 rings (SSSR count). The summed E-state index contributed by atoms with van der Waals surface area (Å²) in [6.45, 7) is 2.77. The number of aliphatic hydroxyl groups excluding tert-OH is 1. The molecular formula is C16H21NO2S. The Kier molecular flexibility index (Phi) is 7.21. The molecule has 0 aromatic heterocycles. The standard InChI is InChI=1S/C16H21NO2S/c1-13-12-15(16(19)17(2)9-11-20-3)8-7-14(13)6-4-5-10-18/h7-8,12,18H,5,9-11H2,1-3H3. The Morgan fingerprint density at radius 3 is 2.80 bits per heavy atom. The van der Waals surface area contributed by atoms with Crippen LogP contribution in [-0.4, -0.2) is 48.1 Å². The lowest BCUT2D eigenvalue weighted by Gasteiger charge is -2.17. The third-order valence-corrected chi connectivity index (χ3v) is 3.50. The number of amides is 1. The largest absolute Gasteiger partial charge is 0.395 e. The van der Waals surface area contributed by atoms with E-state index in [9.17, 15) is 4.79 Å². The smallest absolute Gasteiger partial charge is 0.253 e. The van der Waals surface area contributed by atoms with Gasteiger partial charge in [-0.05, 0) is 36.9 Å². The Balaban J connectivity index is 2.81. The molecule has 1 amide bonds. The van der Waals surface area contributed by atoms with Crippen molar-refractivity contribution in [2.45, 2.75) is 13.3 Å². The van der Waals surface area contributed by atoms with Gasteiger partial charge in [0.1, 0.15) is 0 Å². The van der Waals surface area contributed by atoms with Crippen LogP contribution in [0.15, 0.2) is 18.2 Å². The third-order valence-electron chi connectivity index (χ3n) is 2.91. The number of benzene rings is 1. The summed E-state index contributed by atoms with van der Waals surface area (Å²) in [5.74, 6) is 6.87. The molecule has 0 unspecified atom stereocenters. The van der Waals surface area contributed by atoms with Crippen molar-refractivity contribution in [1.82, 2.24) is 4.90 Å². The third kappa shape index (κ3) is 4.92. The number of aryl methyl sites for hydroxylation is 1. The first-order valence-corrected chi connectivity index (χ1v) is 7.94. The number of carbonyl (C=O) groups is 1. The van der Waals surface area contributed by atoms with E-state index in [1.165, 1.54) is 0 Å². The van der Waals surface area contributed by atoms with Crippen molar-refractivity contribution < 1.29 is 9.90 Å². The molecule has 0 aliphatic heterocycles. The average molecular weight is 291 g/mol. The van der Waals surface area contributed by atoms with E-state index in [1.807, 2.05) is 38.4 Å². The molecule has 0 aliphatic carbocycles. The van der Waals surface area contributed by atoms with E-state index in [2.05, 4.69) is 11.8 Å². The van der Waals surface area contributed by atoms with E-state index in [0.717, 1.165) is 23.4 Å². The van der Waals surface area contributed by atoms with Crippen molar-refractivity contribution in [3.8, 4) is 11.8 Å². The number of hydrogen-bond acceptors (Lipinski definition) is 3. The lowest BCUT2D eigenvalue weighted by molar-refractivity contribution is 0.0803. The highest BCUT2D eigenvalue weighted by molar-refractivity contribution is 7.98. The molecule has 1 aromatic carbocycles. The summed E-state index contributed by atoms with van der Waals surface area (Å²) in [4.78, 5) is 14.0. The van der Waals surface area contributed by atoms with Gasteiger partial charge in [0, 0.05) is 36.9 Å². The Morgan fingerprint density at radius 2 is 2.20 bits per heavy atom. The Morgan fingerprint density at radius 1 is 1.45 bits per heavy atom. The minimum absolute atomic E-state index is 0.0389. The van der Waals surface area contributed by atoms with E-state index in [4.69, 9.17) is 5.11 Å². The van der Waals surface area contributed by atoms with Gasteiger partial charge in [0.05, 0.1) is 6.61 Å². The van der Waals surface area contributed by atoms with Crippen molar-refractivity contribution in [1.29, 1.82) is 0 Å². The van der Waals surface area contributed by atoms with E-state index < -0.39 is 0 Å². The fraction of sp³-hybridized carbons (Fsp3) is 0.438. The average Bonchev–Trinajstić information content (AvgIpc) is 2.45. The van der Waals surface area contributed by atoms with Crippen molar-refractivity contribution >= 4 is 17.7 Å². The fourth-order valence-electron chi connectivity index (χ4n) is 1.70. The maximum Gasteiger partial charge on any atom is 0.253 e. The quantitative estimate of drug-likeness (QED) is 0.845. The van der Waals surface area contributed by atoms with Gasteiger partial charge >= 0.3 is 0 Å². The van der Waals surface area contributed by atoms with Crippen LogP contribution in [0.3, 0.4) is 0 Å². The van der Waals surface area contributed by atoms with Gasteiger partial charge in [0.2, 0.25) is 0 Å². The topological polar surface area (TPSA) is 40.5 Å². The van der Waals surface area contributed by atoms with Crippen LogP contribution in [0, 0.1) is 18.8 Å². The van der Waals surface area contributed by atoms with Crippen LogP contribution in [0.5, 0.6) is 0 Å². The van der Waals surface area contributed by atoms with Gasteiger partial charge < -0.3 is 10.0 Å². The predicted molar refractivity (Wildman–Crippen MR) is 85.1 cm³/mol. The second-order valence-electron chi connectivity index (χ2n) is 4.52. The van der Waals surface area contributed by atoms with Crippen LogP contribution in [0.2, 0.25) is 0 Å². The normalized spacial score (nSPS) is 9.80. The highest BCUT2D eigenvalue weighted by Crippen LogP contribution is 2.12. The highest BCUT2D eigenvalue weighted by Gasteiger charge is 2.11. The number of hydrogen-bond donors (Lipinski definition) is 1. The molecule has 0 bridgehead atoms. The molecule has 0 heterocycles. The molecule has 0 aliphatic rings. The molecule has 20 heavy (non-hydrogen) atoms. The van der Waals surface area contributed by atoms with Crippen LogP contribution in [-0.2, 0) is 0 Å². The SMILES string of the molecule is CSCCN(C)C(=O)c1ccc(C#CCCO)c(C)c1. The maximum atomic E-state index is 12.2. The summed E-state index contributed by atoms with van der Waals surface area (Å²) in [6, 6.07) is 5.56. The molecule has 0 saturated heterocycles. The Bertz CT molecular complexity index is 517. The summed E-state index contributed by atoms with van der Waals surface area (Å²) >= 11 is 1.73. The van der Waals surface area contributed by atoms with Crippen LogP contribution in [0.25, 0.3) is 0 Å². The fourth-order valence-corrected chi connectivity index (χ4v) is 2.16. The molecule has 1 aromatic rings. The number of nitrogens with zero attached hydrogens (tertiary/aromatic N) is 1. The van der Waals surface area contributed by atoms with Gasteiger partial charge in [-0.1, -0.05) is 11.8 Å². The predicted octanol–water partition coefficient (Wildman–Crippen LogP) is 2.16. The minimum atomic E-state index is 0.0389. The zero-order valence-corrected chi connectivity index (χ0v) is 13.1. The number of aliphatic hydroxyl groups is 1.